The topological polar surface area (TPSA) is 101 Å². The first-order valence-electron chi connectivity index (χ1n) is 10.00. The number of amides is 1. The fraction of sp³-hybridized carbons (Fsp3) is 0.318. The molecule has 1 heterocycles. The molecule has 0 radical (unpaired) electrons. The highest BCUT2D eigenvalue weighted by molar-refractivity contribution is 7.89. The van der Waals surface area contributed by atoms with E-state index in [0.717, 1.165) is 11.6 Å². The summed E-state index contributed by atoms with van der Waals surface area (Å²) < 4.78 is 26.9. The van der Waals surface area contributed by atoms with Gasteiger partial charge >= 0.3 is 0 Å². The van der Waals surface area contributed by atoms with Crippen molar-refractivity contribution in [1.29, 1.82) is 0 Å². The summed E-state index contributed by atoms with van der Waals surface area (Å²) in [6.45, 7) is 5.01. The summed E-state index contributed by atoms with van der Waals surface area (Å²) in [5, 5.41) is 10.9. The molecule has 2 aromatic carbocycles. The van der Waals surface area contributed by atoms with Crippen LogP contribution in [0.3, 0.4) is 0 Å². The number of nitro groups is 1. The van der Waals surface area contributed by atoms with Gasteiger partial charge in [-0.05, 0) is 29.2 Å². The van der Waals surface area contributed by atoms with Gasteiger partial charge in [0, 0.05) is 44.4 Å². The molecular formula is C22H25N3O5S. The normalized spacial score (nSPS) is 15.5. The molecule has 0 aliphatic carbocycles. The molecule has 0 spiro atoms. The molecule has 1 aliphatic heterocycles. The van der Waals surface area contributed by atoms with Crippen LogP contribution in [0.4, 0.5) is 5.69 Å². The molecule has 3 rings (SSSR count). The number of non-ortho nitro benzene ring substituents is 1. The number of hydrogen-bond donors (Lipinski definition) is 0. The van der Waals surface area contributed by atoms with Crippen molar-refractivity contribution in [3.05, 3.63) is 75.8 Å². The Morgan fingerprint density at radius 2 is 1.71 bits per heavy atom. The third-order valence-electron chi connectivity index (χ3n) is 5.24. The van der Waals surface area contributed by atoms with E-state index in [0.29, 0.717) is 5.92 Å². The minimum Gasteiger partial charge on any atom is -0.337 e. The summed E-state index contributed by atoms with van der Waals surface area (Å²) in [4.78, 5) is 24.3. The van der Waals surface area contributed by atoms with Crippen molar-refractivity contribution in [3.8, 4) is 0 Å². The van der Waals surface area contributed by atoms with Gasteiger partial charge < -0.3 is 4.90 Å². The van der Waals surface area contributed by atoms with Crippen LogP contribution in [-0.4, -0.2) is 54.6 Å². The summed E-state index contributed by atoms with van der Waals surface area (Å²) in [6, 6.07) is 13.0. The first-order chi connectivity index (χ1) is 14.7. The maximum absolute atomic E-state index is 12.8. The van der Waals surface area contributed by atoms with Crippen LogP contribution in [-0.2, 0) is 14.8 Å². The van der Waals surface area contributed by atoms with E-state index < -0.39 is 14.9 Å². The van der Waals surface area contributed by atoms with Gasteiger partial charge in [0.2, 0.25) is 15.9 Å². The van der Waals surface area contributed by atoms with Crippen molar-refractivity contribution in [3.63, 3.8) is 0 Å². The lowest BCUT2D eigenvalue weighted by Crippen LogP contribution is -2.50. The Hall–Kier alpha value is -3.04. The van der Waals surface area contributed by atoms with Gasteiger partial charge in [0.05, 0.1) is 9.82 Å². The lowest BCUT2D eigenvalue weighted by atomic mass is 10.0. The van der Waals surface area contributed by atoms with Gasteiger partial charge in [0.15, 0.2) is 0 Å². The van der Waals surface area contributed by atoms with Gasteiger partial charge in [-0.1, -0.05) is 44.2 Å². The number of carbonyl (C=O) groups is 1. The first kappa shape index (κ1) is 22.6. The number of benzene rings is 2. The third kappa shape index (κ3) is 5.36. The van der Waals surface area contributed by atoms with Gasteiger partial charge in [-0.3, -0.25) is 14.9 Å². The van der Waals surface area contributed by atoms with Crippen LogP contribution in [0.1, 0.15) is 30.9 Å². The molecule has 1 saturated heterocycles. The van der Waals surface area contributed by atoms with Crippen LogP contribution < -0.4 is 0 Å². The highest BCUT2D eigenvalue weighted by atomic mass is 32.2. The number of sulfonamides is 1. The number of carbonyl (C=O) groups excluding carboxylic acids is 1. The van der Waals surface area contributed by atoms with E-state index in [-0.39, 0.29) is 42.7 Å². The maximum atomic E-state index is 12.8. The molecule has 8 nitrogen and oxygen atoms in total. The van der Waals surface area contributed by atoms with Crippen LogP contribution in [0.5, 0.6) is 0 Å². The molecule has 0 unspecified atom stereocenters. The Balaban J connectivity index is 1.61. The van der Waals surface area contributed by atoms with Gasteiger partial charge in [0.25, 0.3) is 5.69 Å². The second kappa shape index (κ2) is 9.40. The summed E-state index contributed by atoms with van der Waals surface area (Å²) in [7, 11) is -3.86. The van der Waals surface area contributed by atoms with Crippen LogP contribution in [0.2, 0.25) is 0 Å². The van der Waals surface area contributed by atoms with Crippen molar-refractivity contribution in [2.75, 3.05) is 26.2 Å². The molecule has 1 aliphatic rings. The average Bonchev–Trinajstić information content (AvgIpc) is 2.77. The molecule has 9 heteroatoms. The van der Waals surface area contributed by atoms with Gasteiger partial charge in [0.1, 0.15) is 0 Å². The summed E-state index contributed by atoms with van der Waals surface area (Å²) >= 11 is 0. The molecular weight excluding hydrogens is 418 g/mol. The van der Waals surface area contributed by atoms with Crippen molar-refractivity contribution < 1.29 is 18.1 Å². The summed E-state index contributed by atoms with van der Waals surface area (Å²) in [6.07, 6.45) is 3.24. The summed E-state index contributed by atoms with van der Waals surface area (Å²) in [5.41, 5.74) is 1.87. The molecule has 1 fully saturated rings. The second-order valence-corrected chi connectivity index (χ2v) is 9.58. The van der Waals surface area contributed by atoms with Crippen molar-refractivity contribution in [1.82, 2.24) is 9.21 Å². The van der Waals surface area contributed by atoms with Gasteiger partial charge in [-0.2, -0.15) is 4.31 Å². The number of nitrogens with zero attached hydrogens (tertiary/aromatic N) is 3. The minimum atomic E-state index is -3.86. The smallest absolute Gasteiger partial charge is 0.270 e. The lowest BCUT2D eigenvalue weighted by Gasteiger charge is -2.33. The van der Waals surface area contributed by atoms with Crippen LogP contribution in [0.15, 0.2) is 59.5 Å². The van der Waals surface area contributed by atoms with Gasteiger partial charge in [-0.25, -0.2) is 8.42 Å². The average molecular weight is 444 g/mol. The predicted molar refractivity (Wildman–Crippen MR) is 118 cm³/mol. The largest absolute Gasteiger partial charge is 0.337 e. The number of piperazine rings is 1. The zero-order valence-corrected chi connectivity index (χ0v) is 18.3. The fourth-order valence-corrected chi connectivity index (χ4v) is 4.78. The zero-order chi connectivity index (χ0) is 22.6. The molecule has 0 bridgehead atoms. The van der Waals surface area contributed by atoms with E-state index >= 15 is 0 Å². The predicted octanol–water partition coefficient (Wildman–Crippen LogP) is 3.26. The molecule has 0 N–H and O–H groups in total. The Morgan fingerprint density at radius 3 is 2.29 bits per heavy atom. The first-order valence-corrected chi connectivity index (χ1v) is 11.4. The molecule has 0 atom stereocenters. The van der Waals surface area contributed by atoms with E-state index in [1.807, 2.05) is 24.3 Å². The Morgan fingerprint density at radius 1 is 1.06 bits per heavy atom. The highest BCUT2D eigenvalue weighted by Crippen LogP contribution is 2.22. The van der Waals surface area contributed by atoms with E-state index in [1.165, 1.54) is 34.1 Å². The van der Waals surface area contributed by atoms with Gasteiger partial charge in [-0.15, -0.1) is 0 Å². The van der Waals surface area contributed by atoms with E-state index in [2.05, 4.69) is 13.8 Å². The molecule has 31 heavy (non-hydrogen) atoms. The molecule has 1 amide bonds. The van der Waals surface area contributed by atoms with E-state index in [4.69, 9.17) is 0 Å². The third-order valence-corrected chi connectivity index (χ3v) is 7.13. The molecule has 2 aromatic rings. The van der Waals surface area contributed by atoms with Crippen molar-refractivity contribution in [2.24, 2.45) is 0 Å². The second-order valence-electron chi connectivity index (χ2n) is 7.64. The molecule has 0 aromatic heterocycles. The zero-order valence-electron chi connectivity index (χ0n) is 17.5. The quantitative estimate of drug-likeness (QED) is 0.387. The minimum absolute atomic E-state index is 0.119. The van der Waals surface area contributed by atoms with Crippen molar-refractivity contribution >= 4 is 27.7 Å². The maximum Gasteiger partial charge on any atom is 0.270 e. The molecule has 164 valence electrons. The number of nitro benzene ring substituents is 1. The van der Waals surface area contributed by atoms with Crippen molar-refractivity contribution in [2.45, 2.75) is 24.7 Å². The Labute approximate surface area is 182 Å². The van der Waals surface area contributed by atoms with Crippen LogP contribution in [0, 0.1) is 10.1 Å². The van der Waals surface area contributed by atoms with E-state index in [9.17, 15) is 23.3 Å². The van der Waals surface area contributed by atoms with Crippen LogP contribution in [0.25, 0.3) is 6.08 Å². The van der Waals surface area contributed by atoms with Crippen LogP contribution >= 0.6 is 0 Å². The van der Waals surface area contributed by atoms with E-state index in [1.54, 1.807) is 11.0 Å². The fourth-order valence-electron chi connectivity index (χ4n) is 3.32. The SMILES string of the molecule is CC(C)c1ccc(/C=C/C(=O)N2CCN(S(=O)(=O)c3cccc([N+](=O)[O-])c3)CC2)cc1. The molecule has 0 saturated carbocycles. The standard InChI is InChI=1S/C22H25N3O5S/c1-17(2)19-9-6-18(7-10-19)8-11-22(26)23-12-14-24(15-13-23)31(29,30)21-5-3-4-20(16-21)25(27)28/h3-11,16-17H,12-15H2,1-2H3/b11-8+. The monoisotopic (exact) mass is 443 g/mol. The lowest BCUT2D eigenvalue weighted by molar-refractivity contribution is -0.385. The number of hydrogen-bond acceptors (Lipinski definition) is 5. The Kier molecular flexibility index (Phi) is 6.87. The number of rotatable bonds is 6. The Bertz CT molecular complexity index is 1090. The highest BCUT2D eigenvalue weighted by Gasteiger charge is 2.30. The summed E-state index contributed by atoms with van der Waals surface area (Å²) in [5.74, 6) is 0.259.